The Morgan fingerprint density at radius 2 is 1.84 bits per heavy atom. The molecule has 3 aromatic rings. The van der Waals surface area contributed by atoms with Crippen LogP contribution in [0.1, 0.15) is 25.7 Å². The molecule has 0 atom stereocenters. The molecule has 2 N–H and O–H groups in total. The van der Waals surface area contributed by atoms with Gasteiger partial charge in [-0.3, -0.25) is 19.1 Å². The molecule has 0 unspecified atom stereocenters. The molecule has 202 valence electrons. The van der Waals surface area contributed by atoms with Crippen LogP contribution in [0.2, 0.25) is 0 Å². The summed E-state index contributed by atoms with van der Waals surface area (Å²) in [7, 11) is 0. The highest BCUT2D eigenvalue weighted by Crippen LogP contribution is 2.33. The fourth-order valence-electron chi connectivity index (χ4n) is 5.36. The summed E-state index contributed by atoms with van der Waals surface area (Å²) in [6.07, 6.45) is 5.88. The molecule has 1 amide bonds. The molecule has 3 aliphatic rings. The second-order valence-corrected chi connectivity index (χ2v) is 10.7. The number of piperidine rings is 1. The third kappa shape index (κ3) is 5.31. The average molecular weight is 522 g/mol. The van der Waals surface area contributed by atoms with Crippen molar-refractivity contribution in [2.75, 3.05) is 57.8 Å². The number of nitrogens with zero attached hydrogens (tertiary/aromatic N) is 6. The number of aromatic nitrogens is 4. The summed E-state index contributed by atoms with van der Waals surface area (Å²) in [5.41, 5.74) is 1.05. The average Bonchev–Trinajstić information content (AvgIpc) is 3.70. The first kappa shape index (κ1) is 25.0. The second kappa shape index (κ2) is 10.5. The molecular weight excluding hydrogens is 486 g/mol. The van der Waals surface area contributed by atoms with Gasteiger partial charge in [-0.15, -0.1) is 0 Å². The van der Waals surface area contributed by atoms with Crippen LogP contribution in [0.5, 0.6) is 0 Å². The third-order valence-electron chi connectivity index (χ3n) is 7.92. The van der Waals surface area contributed by atoms with E-state index in [1.54, 1.807) is 4.68 Å². The minimum absolute atomic E-state index is 0.149. The van der Waals surface area contributed by atoms with Crippen molar-refractivity contribution in [1.29, 1.82) is 0 Å². The summed E-state index contributed by atoms with van der Waals surface area (Å²) in [6, 6.07) is 7.91. The summed E-state index contributed by atoms with van der Waals surface area (Å²) >= 11 is 0. The van der Waals surface area contributed by atoms with Gasteiger partial charge in [0.15, 0.2) is 5.65 Å². The topological polar surface area (TPSA) is 118 Å². The molecule has 0 spiro atoms. The molecule has 2 saturated heterocycles. The molecule has 1 aliphatic carbocycles. The minimum atomic E-state index is -1.04. The SMILES string of the molecule is O=C(C1CC1)N1CCC(O)(Cn2cnc3c(cnn3-c3ccc(NCCN4CCOCC4)cc3)c2=O)CC1. The Balaban J connectivity index is 1.10. The quantitative estimate of drug-likeness (QED) is 0.453. The Bertz CT molecular complexity index is 1330. The van der Waals surface area contributed by atoms with E-state index in [1.165, 1.54) is 17.1 Å². The molecule has 3 fully saturated rings. The Labute approximate surface area is 221 Å². The Kier molecular flexibility index (Phi) is 6.89. The van der Waals surface area contributed by atoms with E-state index in [0.717, 1.165) is 63.6 Å². The molecule has 0 bridgehead atoms. The van der Waals surface area contributed by atoms with Gasteiger partial charge >= 0.3 is 0 Å². The van der Waals surface area contributed by atoms with Gasteiger partial charge in [0, 0.05) is 50.9 Å². The molecule has 4 heterocycles. The van der Waals surface area contributed by atoms with Crippen LogP contribution in [0, 0.1) is 5.92 Å². The normalized spacial score (nSPS) is 20.1. The fourth-order valence-corrected chi connectivity index (χ4v) is 5.36. The molecule has 6 rings (SSSR count). The van der Waals surface area contributed by atoms with E-state index in [1.807, 2.05) is 29.2 Å². The van der Waals surface area contributed by atoms with E-state index in [0.29, 0.717) is 37.0 Å². The molecule has 1 saturated carbocycles. The zero-order chi connectivity index (χ0) is 26.1. The highest BCUT2D eigenvalue weighted by Gasteiger charge is 2.39. The number of carbonyl (C=O) groups excluding carboxylic acids is 1. The largest absolute Gasteiger partial charge is 0.388 e. The fraction of sp³-hybridized carbons (Fsp3) is 0.556. The summed E-state index contributed by atoms with van der Waals surface area (Å²) < 4.78 is 8.52. The number of anilines is 1. The van der Waals surface area contributed by atoms with Crippen molar-refractivity contribution in [2.45, 2.75) is 37.8 Å². The van der Waals surface area contributed by atoms with Crippen LogP contribution in [0.4, 0.5) is 5.69 Å². The standard InChI is InChI=1S/C27H35N7O4/c35-25(20-1-2-20)32-10-7-27(37,8-11-32)18-33-19-29-24-23(26(33)36)17-30-34(24)22-5-3-21(4-6-22)28-9-12-31-13-15-38-16-14-31/h3-6,17,19-20,28,37H,1-2,7-16,18H2. The molecule has 2 aliphatic heterocycles. The van der Waals surface area contributed by atoms with Gasteiger partial charge in [0.05, 0.1) is 37.2 Å². The maximum atomic E-state index is 13.2. The number of hydrogen-bond acceptors (Lipinski definition) is 8. The van der Waals surface area contributed by atoms with E-state index in [9.17, 15) is 14.7 Å². The third-order valence-corrected chi connectivity index (χ3v) is 7.92. The van der Waals surface area contributed by atoms with Crippen molar-refractivity contribution in [1.82, 2.24) is 29.1 Å². The molecule has 11 heteroatoms. The Morgan fingerprint density at radius 1 is 1.11 bits per heavy atom. The number of ether oxygens (including phenoxy) is 1. The van der Waals surface area contributed by atoms with Crippen LogP contribution in [0.3, 0.4) is 0 Å². The number of benzene rings is 1. The first-order valence-electron chi connectivity index (χ1n) is 13.6. The van der Waals surface area contributed by atoms with Crippen LogP contribution >= 0.6 is 0 Å². The van der Waals surface area contributed by atoms with Gasteiger partial charge in [-0.05, 0) is 49.9 Å². The van der Waals surface area contributed by atoms with Gasteiger partial charge < -0.3 is 20.1 Å². The van der Waals surface area contributed by atoms with E-state index >= 15 is 0 Å². The molecule has 2 aromatic heterocycles. The number of likely N-dealkylation sites (tertiary alicyclic amines) is 1. The monoisotopic (exact) mass is 521 g/mol. The predicted octanol–water partition coefficient (Wildman–Crippen LogP) is 1.09. The molecule has 11 nitrogen and oxygen atoms in total. The summed E-state index contributed by atoms with van der Waals surface area (Å²) in [5.74, 6) is 0.385. The van der Waals surface area contributed by atoms with Crippen molar-refractivity contribution in [3.05, 3.63) is 47.1 Å². The molecule has 1 aromatic carbocycles. The lowest BCUT2D eigenvalue weighted by Crippen LogP contribution is -2.50. The smallest absolute Gasteiger partial charge is 0.264 e. The summed E-state index contributed by atoms with van der Waals surface area (Å²) in [4.78, 5) is 34.3. The van der Waals surface area contributed by atoms with Crippen molar-refractivity contribution in [3.8, 4) is 5.69 Å². The van der Waals surface area contributed by atoms with E-state index in [-0.39, 0.29) is 23.9 Å². The van der Waals surface area contributed by atoms with Gasteiger partial charge in [-0.25, -0.2) is 9.67 Å². The summed E-state index contributed by atoms with van der Waals surface area (Å²) in [6.45, 7) is 6.56. The van der Waals surface area contributed by atoms with E-state index in [4.69, 9.17) is 4.74 Å². The second-order valence-electron chi connectivity index (χ2n) is 10.7. The molecule has 38 heavy (non-hydrogen) atoms. The number of morpholine rings is 1. The number of amides is 1. The first-order chi connectivity index (χ1) is 18.5. The van der Waals surface area contributed by atoms with Crippen LogP contribution in [-0.4, -0.2) is 98.2 Å². The van der Waals surface area contributed by atoms with Gasteiger partial charge in [0.25, 0.3) is 5.56 Å². The zero-order valence-corrected chi connectivity index (χ0v) is 21.6. The maximum absolute atomic E-state index is 13.2. The molecule has 0 radical (unpaired) electrons. The van der Waals surface area contributed by atoms with Gasteiger partial charge in [0.2, 0.25) is 5.91 Å². The van der Waals surface area contributed by atoms with Crippen molar-refractivity contribution in [2.24, 2.45) is 5.92 Å². The van der Waals surface area contributed by atoms with Crippen molar-refractivity contribution >= 4 is 22.6 Å². The number of aliphatic hydroxyl groups is 1. The highest BCUT2D eigenvalue weighted by atomic mass is 16.5. The van der Waals surface area contributed by atoms with Crippen molar-refractivity contribution < 1.29 is 14.6 Å². The predicted molar refractivity (Wildman–Crippen MR) is 142 cm³/mol. The van der Waals surface area contributed by atoms with Crippen LogP contribution < -0.4 is 10.9 Å². The number of hydrogen-bond donors (Lipinski definition) is 2. The van der Waals surface area contributed by atoms with Gasteiger partial charge in [0.1, 0.15) is 11.7 Å². The minimum Gasteiger partial charge on any atom is -0.388 e. The van der Waals surface area contributed by atoms with Crippen LogP contribution in [0.15, 0.2) is 41.6 Å². The van der Waals surface area contributed by atoms with Gasteiger partial charge in [-0.2, -0.15) is 5.10 Å². The van der Waals surface area contributed by atoms with E-state index in [2.05, 4.69) is 20.3 Å². The summed E-state index contributed by atoms with van der Waals surface area (Å²) in [5, 5.41) is 19.4. The number of rotatable bonds is 8. The Hall–Kier alpha value is -3.28. The number of carbonyl (C=O) groups is 1. The van der Waals surface area contributed by atoms with Crippen molar-refractivity contribution in [3.63, 3.8) is 0 Å². The highest BCUT2D eigenvalue weighted by molar-refractivity contribution is 5.81. The Morgan fingerprint density at radius 3 is 2.55 bits per heavy atom. The number of nitrogens with one attached hydrogen (secondary N) is 1. The van der Waals surface area contributed by atoms with E-state index < -0.39 is 5.60 Å². The first-order valence-corrected chi connectivity index (χ1v) is 13.6. The van der Waals surface area contributed by atoms with Crippen LogP contribution in [-0.2, 0) is 16.1 Å². The lowest BCUT2D eigenvalue weighted by Gasteiger charge is -2.38. The van der Waals surface area contributed by atoms with Crippen LogP contribution in [0.25, 0.3) is 16.7 Å². The number of fused-ring (bicyclic) bond motifs is 1. The lowest BCUT2D eigenvalue weighted by atomic mass is 9.91. The maximum Gasteiger partial charge on any atom is 0.264 e. The van der Waals surface area contributed by atoms with Gasteiger partial charge in [-0.1, -0.05) is 0 Å². The zero-order valence-electron chi connectivity index (χ0n) is 21.6. The molecular formula is C27H35N7O4. The lowest BCUT2D eigenvalue weighted by molar-refractivity contribution is -0.137.